The van der Waals surface area contributed by atoms with Gasteiger partial charge in [0, 0.05) is 11.8 Å². The van der Waals surface area contributed by atoms with Crippen molar-refractivity contribution in [3.05, 3.63) is 28.3 Å². The Kier molecular flexibility index (Phi) is 4.58. The van der Waals surface area contributed by atoms with Crippen LogP contribution in [0.5, 0.6) is 0 Å². The fourth-order valence-corrected chi connectivity index (χ4v) is 3.04. The number of carbonyl (C=O) groups excluding carboxylic acids is 1. The van der Waals surface area contributed by atoms with Crippen LogP contribution in [0.3, 0.4) is 0 Å². The number of sulfone groups is 1. The third-order valence-corrected chi connectivity index (χ3v) is 4.06. The molecule has 0 aliphatic carbocycles. The highest BCUT2D eigenvalue weighted by molar-refractivity contribution is 7.97. The number of thiol groups is 1. The van der Waals surface area contributed by atoms with Crippen LogP contribution in [-0.4, -0.2) is 26.0 Å². The highest BCUT2D eigenvalue weighted by atomic mass is 35.5. The monoisotopic (exact) mass is 332 g/mol. The molecular formula is C10H8ClF3O3S2. The van der Waals surface area contributed by atoms with Crippen molar-refractivity contribution >= 4 is 39.2 Å². The minimum Gasteiger partial charge on any atom is -0.282 e. The topological polar surface area (TPSA) is 51.2 Å². The van der Waals surface area contributed by atoms with Crippen LogP contribution in [0.15, 0.2) is 17.0 Å². The molecule has 0 radical (unpaired) electrons. The summed E-state index contributed by atoms with van der Waals surface area (Å²) >= 11 is 9.16. The largest absolute Gasteiger partial charge is 0.393 e. The number of benzene rings is 1. The van der Waals surface area contributed by atoms with Crippen molar-refractivity contribution in [2.75, 3.05) is 6.26 Å². The van der Waals surface area contributed by atoms with Crippen LogP contribution >= 0.6 is 24.2 Å². The van der Waals surface area contributed by atoms with Crippen LogP contribution in [0.2, 0.25) is 5.02 Å². The van der Waals surface area contributed by atoms with E-state index in [2.05, 4.69) is 12.6 Å². The standard InChI is InChI=1S/C10H8ClF3O3S2/c1-19(16,17)7-3-2-5(9(15)18)8(11)6(7)4-10(12,13)14/h2-3H,4H2,1H3,(H,15,18). The van der Waals surface area contributed by atoms with E-state index in [0.29, 0.717) is 0 Å². The first-order valence-electron chi connectivity index (χ1n) is 4.75. The maximum Gasteiger partial charge on any atom is 0.393 e. The van der Waals surface area contributed by atoms with Gasteiger partial charge in [0.25, 0.3) is 0 Å². The third kappa shape index (κ3) is 4.12. The summed E-state index contributed by atoms with van der Waals surface area (Å²) in [7, 11) is -3.89. The molecule has 0 heterocycles. The summed E-state index contributed by atoms with van der Waals surface area (Å²) in [5.41, 5.74) is -0.909. The van der Waals surface area contributed by atoms with E-state index < -0.39 is 43.0 Å². The van der Waals surface area contributed by atoms with Gasteiger partial charge in [-0.3, -0.25) is 4.79 Å². The lowest BCUT2D eigenvalue weighted by molar-refractivity contribution is -0.127. The Balaban J connectivity index is 3.60. The number of rotatable bonds is 3. The molecule has 0 aliphatic rings. The molecule has 106 valence electrons. The summed E-state index contributed by atoms with van der Waals surface area (Å²) in [6, 6.07) is 1.96. The molecular weight excluding hydrogens is 325 g/mol. The van der Waals surface area contributed by atoms with Gasteiger partial charge in [0.05, 0.1) is 16.3 Å². The second-order valence-corrected chi connectivity index (χ2v) is 6.54. The van der Waals surface area contributed by atoms with Crippen LogP contribution in [0.25, 0.3) is 0 Å². The average Bonchev–Trinajstić information content (AvgIpc) is 2.16. The van der Waals surface area contributed by atoms with Crippen molar-refractivity contribution < 1.29 is 26.4 Å². The molecule has 0 saturated carbocycles. The average molecular weight is 333 g/mol. The Labute approximate surface area is 118 Å². The lowest BCUT2D eigenvalue weighted by Crippen LogP contribution is -2.16. The van der Waals surface area contributed by atoms with Crippen molar-refractivity contribution in [3.8, 4) is 0 Å². The number of hydrogen-bond donors (Lipinski definition) is 1. The van der Waals surface area contributed by atoms with Gasteiger partial charge in [0.1, 0.15) is 0 Å². The van der Waals surface area contributed by atoms with Gasteiger partial charge in [-0.15, -0.1) is 12.6 Å². The molecule has 0 amide bonds. The Morgan fingerprint density at radius 3 is 2.26 bits per heavy atom. The van der Waals surface area contributed by atoms with Crippen molar-refractivity contribution in [1.82, 2.24) is 0 Å². The number of halogens is 4. The minimum atomic E-state index is -4.65. The second kappa shape index (κ2) is 5.34. The highest BCUT2D eigenvalue weighted by Gasteiger charge is 2.33. The van der Waals surface area contributed by atoms with E-state index >= 15 is 0 Å². The normalized spacial score (nSPS) is 12.5. The molecule has 0 spiro atoms. The van der Waals surface area contributed by atoms with Crippen LogP contribution < -0.4 is 0 Å². The van der Waals surface area contributed by atoms with Crippen molar-refractivity contribution in [2.24, 2.45) is 0 Å². The zero-order valence-corrected chi connectivity index (χ0v) is 11.9. The Morgan fingerprint density at radius 2 is 1.89 bits per heavy atom. The fourth-order valence-electron chi connectivity index (χ4n) is 1.48. The van der Waals surface area contributed by atoms with Gasteiger partial charge < -0.3 is 0 Å². The zero-order chi connectivity index (χ0) is 15.0. The lowest BCUT2D eigenvalue weighted by atomic mass is 10.1. The molecule has 0 bridgehead atoms. The van der Waals surface area contributed by atoms with Gasteiger partial charge in [-0.1, -0.05) is 11.6 Å². The van der Waals surface area contributed by atoms with Gasteiger partial charge in [0.2, 0.25) is 5.12 Å². The Hall–Kier alpha value is -0.730. The summed E-state index contributed by atoms with van der Waals surface area (Å²) < 4.78 is 60.3. The summed E-state index contributed by atoms with van der Waals surface area (Å²) in [6.45, 7) is 0. The van der Waals surface area contributed by atoms with Crippen LogP contribution in [0.4, 0.5) is 13.2 Å². The predicted molar refractivity (Wildman–Crippen MR) is 67.6 cm³/mol. The van der Waals surface area contributed by atoms with E-state index in [-0.39, 0.29) is 5.56 Å². The number of carbonyl (C=O) groups is 1. The minimum absolute atomic E-state index is 0.267. The first-order valence-corrected chi connectivity index (χ1v) is 7.46. The van der Waals surface area contributed by atoms with E-state index in [1.807, 2.05) is 0 Å². The van der Waals surface area contributed by atoms with Gasteiger partial charge >= 0.3 is 6.18 Å². The summed E-state index contributed by atoms with van der Waals surface area (Å²) in [5, 5.41) is -1.38. The van der Waals surface area contributed by atoms with Crippen molar-refractivity contribution in [3.63, 3.8) is 0 Å². The summed E-state index contributed by atoms with van der Waals surface area (Å²) in [5.74, 6) is 0. The molecule has 0 aliphatic heterocycles. The first-order chi connectivity index (χ1) is 8.43. The second-order valence-electron chi connectivity index (χ2n) is 3.77. The quantitative estimate of drug-likeness (QED) is 0.866. The molecule has 0 fully saturated rings. The van der Waals surface area contributed by atoms with Crippen LogP contribution in [0, 0.1) is 0 Å². The van der Waals surface area contributed by atoms with E-state index in [9.17, 15) is 26.4 Å². The first kappa shape index (κ1) is 16.3. The fraction of sp³-hybridized carbons (Fsp3) is 0.300. The molecule has 0 saturated heterocycles. The van der Waals surface area contributed by atoms with E-state index in [4.69, 9.17) is 11.6 Å². The number of alkyl halides is 3. The summed E-state index contributed by atoms with van der Waals surface area (Å²) in [6.07, 6.45) is -5.43. The van der Waals surface area contributed by atoms with Crippen LogP contribution in [-0.2, 0) is 16.3 Å². The highest BCUT2D eigenvalue weighted by Crippen LogP contribution is 2.33. The molecule has 1 rings (SSSR count). The molecule has 1 aromatic carbocycles. The Morgan fingerprint density at radius 1 is 1.37 bits per heavy atom. The SMILES string of the molecule is CS(=O)(=O)c1ccc(C(=O)S)c(Cl)c1CC(F)(F)F. The zero-order valence-electron chi connectivity index (χ0n) is 9.45. The molecule has 3 nitrogen and oxygen atoms in total. The predicted octanol–water partition coefficient (Wildman–Crippen LogP) is 2.92. The Bertz CT molecular complexity index is 624. The van der Waals surface area contributed by atoms with E-state index in [1.165, 1.54) is 0 Å². The smallest absolute Gasteiger partial charge is 0.282 e. The van der Waals surface area contributed by atoms with Gasteiger partial charge in [-0.25, -0.2) is 8.42 Å². The van der Waals surface area contributed by atoms with E-state index in [1.54, 1.807) is 0 Å². The third-order valence-electron chi connectivity index (χ3n) is 2.21. The maximum atomic E-state index is 12.5. The molecule has 0 atom stereocenters. The molecule has 9 heteroatoms. The van der Waals surface area contributed by atoms with Gasteiger partial charge in [-0.2, -0.15) is 13.2 Å². The van der Waals surface area contributed by atoms with Crippen molar-refractivity contribution in [2.45, 2.75) is 17.5 Å². The summed E-state index contributed by atoms with van der Waals surface area (Å²) in [4.78, 5) is 10.5. The molecule has 0 N–H and O–H groups in total. The molecule has 1 aromatic rings. The van der Waals surface area contributed by atoms with Crippen molar-refractivity contribution in [1.29, 1.82) is 0 Å². The maximum absolute atomic E-state index is 12.5. The van der Waals surface area contributed by atoms with Gasteiger partial charge in [0.15, 0.2) is 9.84 Å². The molecule has 0 aromatic heterocycles. The van der Waals surface area contributed by atoms with Gasteiger partial charge in [-0.05, 0) is 17.7 Å². The lowest BCUT2D eigenvalue weighted by Gasteiger charge is -2.14. The molecule has 0 unspecified atom stereocenters. The van der Waals surface area contributed by atoms with Crippen LogP contribution in [0.1, 0.15) is 15.9 Å². The number of hydrogen-bond acceptors (Lipinski definition) is 3. The van der Waals surface area contributed by atoms with E-state index in [0.717, 1.165) is 18.4 Å². The molecule has 19 heavy (non-hydrogen) atoms.